The van der Waals surface area contributed by atoms with Crippen LogP contribution in [0.5, 0.6) is 0 Å². The number of benzene rings is 1. The summed E-state index contributed by atoms with van der Waals surface area (Å²) in [4.78, 5) is 14.5. The summed E-state index contributed by atoms with van der Waals surface area (Å²) in [6.45, 7) is 2.84. The average molecular weight is 283 g/mol. The molecule has 2 amide bonds. The lowest BCUT2D eigenvalue weighted by Crippen LogP contribution is -2.35. The van der Waals surface area contributed by atoms with Crippen molar-refractivity contribution in [3.63, 3.8) is 0 Å². The third kappa shape index (κ3) is 2.79. The van der Waals surface area contributed by atoms with Crippen molar-refractivity contribution in [3.8, 4) is 0 Å². The molecular weight excluding hydrogens is 262 g/mol. The lowest BCUT2D eigenvalue weighted by atomic mass is 10.1. The predicted molar refractivity (Wildman–Crippen MR) is 84.3 cm³/mol. The Hall–Kier alpha value is -2.23. The molecule has 3 rings (SSSR count). The largest absolute Gasteiger partial charge is 0.353 e. The average Bonchev–Trinajstić information content (AvgIpc) is 3.06. The first-order chi connectivity index (χ1) is 10.1. The van der Waals surface area contributed by atoms with Crippen molar-refractivity contribution in [2.24, 2.45) is 7.05 Å². The molecule has 1 saturated heterocycles. The predicted octanol–water partition coefficient (Wildman–Crippen LogP) is 3.70. The number of rotatable bonds is 2. The number of anilines is 1. The van der Waals surface area contributed by atoms with Crippen molar-refractivity contribution in [2.75, 3.05) is 11.9 Å². The maximum absolute atomic E-state index is 12.5. The molecule has 110 valence electrons. The van der Waals surface area contributed by atoms with Gasteiger partial charge in [-0.3, -0.25) is 0 Å². The number of likely N-dealkylation sites (tertiary alicyclic amines) is 1. The summed E-state index contributed by atoms with van der Waals surface area (Å²) in [6, 6.07) is 12.2. The maximum Gasteiger partial charge on any atom is 0.322 e. The maximum atomic E-state index is 12.5. The Morgan fingerprint density at radius 2 is 2.14 bits per heavy atom. The molecule has 2 aromatic rings. The summed E-state index contributed by atoms with van der Waals surface area (Å²) in [5, 5.41) is 3.01. The number of nitrogens with one attached hydrogen (secondary N) is 1. The van der Waals surface area contributed by atoms with Gasteiger partial charge in [0.25, 0.3) is 0 Å². The zero-order chi connectivity index (χ0) is 14.8. The molecular formula is C17H21N3O. The second-order valence-electron chi connectivity index (χ2n) is 5.70. The minimum absolute atomic E-state index is 0.00991. The molecule has 1 N–H and O–H groups in total. The Morgan fingerprint density at radius 1 is 1.29 bits per heavy atom. The molecule has 0 bridgehead atoms. The fourth-order valence-electron chi connectivity index (χ4n) is 3.06. The van der Waals surface area contributed by atoms with E-state index in [9.17, 15) is 4.79 Å². The van der Waals surface area contributed by atoms with Gasteiger partial charge in [0.1, 0.15) is 0 Å². The molecule has 1 aromatic heterocycles. The molecule has 4 heteroatoms. The number of amides is 2. The van der Waals surface area contributed by atoms with Gasteiger partial charge in [-0.15, -0.1) is 0 Å². The monoisotopic (exact) mass is 283 g/mol. The molecule has 4 nitrogen and oxygen atoms in total. The molecule has 1 aliphatic rings. The molecule has 0 spiro atoms. The molecule has 1 atom stereocenters. The highest BCUT2D eigenvalue weighted by Gasteiger charge is 2.31. The molecule has 1 aromatic carbocycles. The molecule has 1 unspecified atom stereocenters. The van der Waals surface area contributed by atoms with E-state index in [2.05, 4.69) is 16.0 Å². The Kier molecular flexibility index (Phi) is 3.69. The van der Waals surface area contributed by atoms with Crippen LogP contribution < -0.4 is 5.32 Å². The molecule has 1 aliphatic heterocycles. The molecule has 2 heterocycles. The summed E-state index contributed by atoms with van der Waals surface area (Å²) in [7, 11) is 2.03. The fraction of sp³-hybridized carbons (Fsp3) is 0.353. The standard InChI is InChI=1S/C17H21N3O/c1-13-6-3-7-14(12-13)18-17(21)20-11-5-9-16(20)15-8-4-10-19(15)2/h3-4,6-8,10,12,16H,5,9,11H2,1-2H3,(H,18,21). The fourth-order valence-corrected chi connectivity index (χ4v) is 3.06. The van der Waals surface area contributed by atoms with Crippen LogP contribution in [0.15, 0.2) is 42.6 Å². The van der Waals surface area contributed by atoms with E-state index in [0.717, 1.165) is 30.6 Å². The van der Waals surface area contributed by atoms with E-state index in [1.807, 2.05) is 55.4 Å². The number of nitrogens with zero attached hydrogens (tertiary/aromatic N) is 2. The van der Waals surface area contributed by atoms with Crippen molar-refractivity contribution in [3.05, 3.63) is 53.9 Å². The van der Waals surface area contributed by atoms with Gasteiger partial charge < -0.3 is 14.8 Å². The first kappa shape index (κ1) is 13.7. The van der Waals surface area contributed by atoms with Crippen molar-refractivity contribution >= 4 is 11.7 Å². The molecule has 1 fully saturated rings. The highest BCUT2D eigenvalue weighted by Crippen LogP contribution is 2.32. The van der Waals surface area contributed by atoms with Crippen LogP contribution in [-0.2, 0) is 7.05 Å². The van der Waals surface area contributed by atoms with Crippen LogP contribution in [0.25, 0.3) is 0 Å². The van der Waals surface area contributed by atoms with Gasteiger partial charge in [-0.25, -0.2) is 4.79 Å². The zero-order valence-electron chi connectivity index (χ0n) is 12.5. The normalized spacial score (nSPS) is 18.0. The van der Waals surface area contributed by atoms with Crippen LogP contribution >= 0.6 is 0 Å². The van der Waals surface area contributed by atoms with Gasteiger partial charge in [0.2, 0.25) is 0 Å². The van der Waals surface area contributed by atoms with Gasteiger partial charge in [-0.2, -0.15) is 0 Å². The third-order valence-corrected chi connectivity index (χ3v) is 4.11. The second-order valence-corrected chi connectivity index (χ2v) is 5.70. The van der Waals surface area contributed by atoms with E-state index >= 15 is 0 Å². The minimum atomic E-state index is -0.00991. The van der Waals surface area contributed by atoms with Gasteiger partial charge in [0.15, 0.2) is 0 Å². The minimum Gasteiger partial charge on any atom is -0.353 e. The summed E-state index contributed by atoms with van der Waals surface area (Å²) in [5.74, 6) is 0. The summed E-state index contributed by atoms with van der Waals surface area (Å²) < 4.78 is 2.10. The number of hydrogen-bond acceptors (Lipinski definition) is 1. The molecule has 0 saturated carbocycles. The van der Waals surface area contributed by atoms with Crippen LogP contribution in [-0.4, -0.2) is 22.0 Å². The van der Waals surface area contributed by atoms with Gasteiger partial charge in [0, 0.05) is 31.2 Å². The van der Waals surface area contributed by atoms with E-state index in [1.54, 1.807) is 0 Å². The number of urea groups is 1. The number of hydrogen-bond donors (Lipinski definition) is 1. The first-order valence-electron chi connectivity index (χ1n) is 7.40. The van der Waals surface area contributed by atoms with Crippen molar-refractivity contribution in [1.29, 1.82) is 0 Å². The Labute approximate surface area is 125 Å². The number of aryl methyl sites for hydroxylation is 2. The van der Waals surface area contributed by atoms with Crippen molar-refractivity contribution < 1.29 is 4.79 Å². The second kappa shape index (κ2) is 5.64. The van der Waals surface area contributed by atoms with E-state index in [4.69, 9.17) is 0 Å². The Balaban J connectivity index is 1.76. The zero-order valence-corrected chi connectivity index (χ0v) is 12.5. The highest BCUT2D eigenvalue weighted by atomic mass is 16.2. The SMILES string of the molecule is Cc1cccc(NC(=O)N2CCCC2c2cccn2C)c1. The van der Waals surface area contributed by atoms with Crippen molar-refractivity contribution in [2.45, 2.75) is 25.8 Å². The summed E-state index contributed by atoms with van der Waals surface area (Å²) in [6.07, 6.45) is 4.11. The van der Waals surface area contributed by atoms with Crippen LogP contribution in [0.2, 0.25) is 0 Å². The third-order valence-electron chi connectivity index (χ3n) is 4.11. The lowest BCUT2D eigenvalue weighted by molar-refractivity contribution is 0.205. The molecule has 0 aliphatic carbocycles. The van der Waals surface area contributed by atoms with Gasteiger partial charge in [0.05, 0.1) is 6.04 Å². The summed E-state index contributed by atoms with van der Waals surface area (Å²) in [5.41, 5.74) is 3.21. The van der Waals surface area contributed by atoms with Gasteiger partial charge in [-0.05, 0) is 49.6 Å². The quantitative estimate of drug-likeness (QED) is 0.896. The topological polar surface area (TPSA) is 37.3 Å². The summed E-state index contributed by atoms with van der Waals surface area (Å²) >= 11 is 0. The molecule has 0 radical (unpaired) electrons. The number of aromatic nitrogens is 1. The molecule has 21 heavy (non-hydrogen) atoms. The van der Waals surface area contributed by atoms with Crippen LogP contribution in [0.1, 0.15) is 30.1 Å². The first-order valence-corrected chi connectivity index (χ1v) is 7.40. The van der Waals surface area contributed by atoms with Crippen LogP contribution in [0.3, 0.4) is 0 Å². The van der Waals surface area contributed by atoms with E-state index in [1.165, 1.54) is 5.69 Å². The van der Waals surface area contributed by atoms with Crippen molar-refractivity contribution in [1.82, 2.24) is 9.47 Å². The van der Waals surface area contributed by atoms with E-state index in [0.29, 0.717) is 0 Å². The highest BCUT2D eigenvalue weighted by molar-refractivity contribution is 5.89. The van der Waals surface area contributed by atoms with E-state index < -0.39 is 0 Å². The van der Waals surface area contributed by atoms with Crippen LogP contribution in [0.4, 0.5) is 10.5 Å². The number of carbonyl (C=O) groups is 1. The lowest BCUT2D eigenvalue weighted by Gasteiger charge is -2.25. The van der Waals surface area contributed by atoms with Gasteiger partial charge >= 0.3 is 6.03 Å². The Bertz CT molecular complexity index is 647. The van der Waals surface area contributed by atoms with Gasteiger partial charge in [-0.1, -0.05) is 12.1 Å². The Morgan fingerprint density at radius 3 is 2.86 bits per heavy atom. The van der Waals surface area contributed by atoms with E-state index in [-0.39, 0.29) is 12.1 Å². The smallest absolute Gasteiger partial charge is 0.322 e. The number of carbonyl (C=O) groups excluding carboxylic acids is 1. The van der Waals surface area contributed by atoms with Crippen LogP contribution in [0, 0.1) is 6.92 Å².